The average molecular weight is 417 g/mol. The Hall–Kier alpha value is -3.43. The highest BCUT2D eigenvalue weighted by Gasteiger charge is 2.24. The molecule has 1 amide bonds. The Morgan fingerprint density at radius 3 is 2.80 bits per heavy atom. The van der Waals surface area contributed by atoms with Crippen molar-refractivity contribution in [3.05, 3.63) is 65.4 Å². The van der Waals surface area contributed by atoms with Crippen molar-refractivity contribution >= 4 is 45.6 Å². The SMILES string of the molecule is C#CC[n+]1c2c(cc3cc(NC(=O)c4cccc(NC(=S)OC)c4)ccc31)CCC2. The maximum Gasteiger partial charge on any atom is 0.260 e. The third-order valence-electron chi connectivity index (χ3n) is 5.27. The second-order valence-electron chi connectivity index (χ2n) is 7.19. The Balaban J connectivity index is 1.61. The number of carbonyl (C=O) groups excluding carboxylic acids is 1. The van der Waals surface area contributed by atoms with Crippen LogP contribution in [0.5, 0.6) is 0 Å². The molecule has 5 nitrogen and oxygen atoms in total. The van der Waals surface area contributed by atoms with Crippen molar-refractivity contribution in [3.8, 4) is 12.3 Å². The second-order valence-corrected chi connectivity index (χ2v) is 7.56. The van der Waals surface area contributed by atoms with Crippen LogP contribution in [0.1, 0.15) is 28.0 Å². The van der Waals surface area contributed by atoms with Crippen LogP contribution in [0.3, 0.4) is 0 Å². The molecule has 0 atom stereocenters. The van der Waals surface area contributed by atoms with Gasteiger partial charge in [0, 0.05) is 40.4 Å². The average Bonchev–Trinajstić information content (AvgIpc) is 3.22. The van der Waals surface area contributed by atoms with E-state index in [1.54, 1.807) is 18.2 Å². The van der Waals surface area contributed by atoms with Gasteiger partial charge in [0.15, 0.2) is 5.69 Å². The molecule has 30 heavy (non-hydrogen) atoms. The number of carbonyl (C=O) groups is 1. The fourth-order valence-electron chi connectivity index (χ4n) is 3.92. The molecule has 3 aromatic rings. The van der Waals surface area contributed by atoms with Crippen molar-refractivity contribution in [2.45, 2.75) is 25.8 Å². The van der Waals surface area contributed by atoms with Crippen LogP contribution in [-0.2, 0) is 24.1 Å². The Morgan fingerprint density at radius 2 is 2.00 bits per heavy atom. The van der Waals surface area contributed by atoms with Gasteiger partial charge in [-0.25, -0.2) is 0 Å². The van der Waals surface area contributed by atoms with Gasteiger partial charge in [0.05, 0.1) is 7.11 Å². The summed E-state index contributed by atoms with van der Waals surface area (Å²) in [5.74, 6) is 2.57. The lowest BCUT2D eigenvalue weighted by atomic mass is 10.1. The van der Waals surface area contributed by atoms with Crippen LogP contribution < -0.4 is 15.2 Å². The molecule has 6 heteroatoms. The maximum absolute atomic E-state index is 12.8. The number of anilines is 2. The van der Waals surface area contributed by atoms with E-state index in [0.29, 0.717) is 17.8 Å². The van der Waals surface area contributed by atoms with Crippen molar-refractivity contribution in [1.82, 2.24) is 0 Å². The number of terminal acetylenes is 1. The molecule has 1 aliphatic carbocycles. The van der Waals surface area contributed by atoms with Gasteiger partial charge in [-0.1, -0.05) is 6.07 Å². The molecule has 1 aliphatic rings. The summed E-state index contributed by atoms with van der Waals surface area (Å²) in [5, 5.41) is 7.23. The van der Waals surface area contributed by atoms with E-state index in [1.807, 2.05) is 24.3 Å². The van der Waals surface area contributed by atoms with Gasteiger partial charge < -0.3 is 15.4 Å². The highest BCUT2D eigenvalue weighted by atomic mass is 32.1. The second kappa shape index (κ2) is 8.52. The van der Waals surface area contributed by atoms with Crippen LogP contribution in [0.2, 0.25) is 0 Å². The molecule has 1 heterocycles. The fourth-order valence-corrected chi connectivity index (χ4v) is 4.04. The molecule has 4 rings (SSSR count). The van der Waals surface area contributed by atoms with E-state index in [2.05, 4.69) is 27.2 Å². The summed E-state index contributed by atoms with van der Waals surface area (Å²) in [5.41, 5.74) is 5.72. The summed E-state index contributed by atoms with van der Waals surface area (Å²) in [4.78, 5) is 12.8. The van der Waals surface area contributed by atoms with E-state index in [4.69, 9.17) is 23.4 Å². The molecule has 0 fully saturated rings. The van der Waals surface area contributed by atoms with Crippen LogP contribution in [0.4, 0.5) is 11.4 Å². The summed E-state index contributed by atoms with van der Waals surface area (Å²) < 4.78 is 7.17. The quantitative estimate of drug-likeness (QED) is 0.385. The van der Waals surface area contributed by atoms with Crippen molar-refractivity contribution < 1.29 is 14.1 Å². The topological polar surface area (TPSA) is 54.2 Å². The van der Waals surface area contributed by atoms with Gasteiger partial charge in [-0.05, 0) is 67.4 Å². The molecule has 0 bridgehead atoms. The third-order valence-corrected chi connectivity index (χ3v) is 5.54. The number of hydrogen-bond acceptors (Lipinski definition) is 3. The van der Waals surface area contributed by atoms with Gasteiger partial charge >= 0.3 is 0 Å². The minimum absolute atomic E-state index is 0.195. The number of methoxy groups -OCH3 is 1. The highest BCUT2D eigenvalue weighted by Crippen LogP contribution is 2.25. The Kier molecular flexibility index (Phi) is 5.64. The number of pyridine rings is 1. The first-order valence-electron chi connectivity index (χ1n) is 9.77. The smallest absolute Gasteiger partial charge is 0.260 e. The number of nitrogens with one attached hydrogen (secondary N) is 2. The first-order chi connectivity index (χ1) is 14.6. The number of benzene rings is 2. The van der Waals surface area contributed by atoms with Gasteiger partial charge in [0.25, 0.3) is 11.1 Å². The summed E-state index contributed by atoms with van der Waals surface area (Å²) in [6, 6.07) is 15.3. The lowest BCUT2D eigenvalue weighted by molar-refractivity contribution is -0.666. The minimum Gasteiger partial charge on any atom is -0.474 e. The minimum atomic E-state index is -0.195. The third kappa shape index (κ3) is 3.98. The Labute approximate surface area is 181 Å². The zero-order valence-corrected chi connectivity index (χ0v) is 17.5. The Bertz CT molecular complexity index is 1200. The van der Waals surface area contributed by atoms with E-state index in [0.717, 1.165) is 35.9 Å². The molecular weight excluding hydrogens is 394 g/mol. The van der Waals surface area contributed by atoms with Crippen molar-refractivity contribution in [3.63, 3.8) is 0 Å². The fraction of sp³-hybridized carbons (Fsp3) is 0.208. The molecule has 2 aromatic carbocycles. The van der Waals surface area contributed by atoms with Gasteiger partial charge in [-0.2, -0.15) is 4.57 Å². The predicted molar refractivity (Wildman–Crippen MR) is 123 cm³/mol. The van der Waals surface area contributed by atoms with Crippen LogP contribution in [0, 0.1) is 12.3 Å². The number of aromatic nitrogens is 1. The predicted octanol–water partition coefficient (Wildman–Crippen LogP) is 3.84. The lowest BCUT2D eigenvalue weighted by Gasteiger charge is -2.10. The monoisotopic (exact) mass is 416 g/mol. The van der Waals surface area contributed by atoms with Crippen molar-refractivity contribution in [2.75, 3.05) is 17.7 Å². The highest BCUT2D eigenvalue weighted by molar-refractivity contribution is 7.80. The first kappa shape index (κ1) is 19.9. The van der Waals surface area contributed by atoms with E-state index >= 15 is 0 Å². The molecular formula is C24H22N3O2S+. The van der Waals surface area contributed by atoms with Crippen molar-refractivity contribution in [2.24, 2.45) is 0 Å². The first-order valence-corrected chi connectivity index (χ1v) is 10.2. The molecule has 1 aromatic heterocycles. The molecule has 0 saturated carbocycles. The van der Waals surface area contributed by atoms with Crippen LogP contribution in [-0.4, -0.2) is 18.2 Å². The number of fused-ring (bicyclic) bond motifs is 2. The van der Waals surface area contributed by atoms with Gasteiger partial charge in [-0.15, -0.1) is 6.42 Å². The van der Waals surface area contributed by atoms with Crippen LogP contribution >= 0.6 is 12.2 Å². The zero-order valence-electron chi connectivity index (χ0n) is 16.7. The summed E-state index contributed by atoms with van der Waals surface area (Å²) in [6.07, 6.45) is 8.88. The largest absolute Gasteiger partial charge is 0.474 e. The van der Waals surface area contributed by atoms with E-state index in [1.165, 1.54) is 18.4 Å². The van der Waals surface area contributed by atoms with E-state index in [9.17, 15) is 4.79 Å². The summed E-state index contributed by atoms with van der Waals surface area (Å²) >= 11 is 5.01. The molecule has 0 spiro atoms. The number of nitrogens with zero attached hydrogens (tertiary/aromatic N) is 1. The standard InChI is InChI=1S/C24H21N3O2S/c1-3-12-27-21-9-5-6-16(21)13-18-15-20(10-11-22(18)27)25-23(28)17-7-4-8-19(14-17)26-24(30)29-2/h1,4,7-8,10-11,13-15H,5-6,9,12H2,2H3,(H-,25,26,28,30)/p+1. The van der Waals surface area contributed by atoms with Crippen LogP contribution in [0.15, 0.2) is 48.5 Å². The van der Waals surface area contributed by atoms with Crippen LogP contribution in [0.25, 0.3) is 10.9 Å². The lowest BCUT2D eigenvalue weighted by Crippen LogP contribution is -2.38. The number of thiocarbonyl (C=S) groups is 1. The molecule has 0 saturated heterocycles. The molecule has 0 aliphatic heterocycles. The normalized spacial score (nSPS) is 12.1. The zero-order chi connectivity index (χ0) is 21.1. The van der Waals surface area contributed by atoms with E-state index in [-0.39, 0.29) is 11.1 Å². The van der Waals surface area contributed by atoms with Crippen molar-refractivity contribution in [1.29, 1.82) is 0 Å². The summed E-state index contributed by atoms with van der Waals surface area (Å²) in [6.45, 7) is 0.550. The van der Waals surface area contributed by atoms with Gasteiger partial charge in [-0.3, -0.25) is 4.79 Å². The molecule has 0 unspecified atom stereocenters. The van der Waals surface area contributed by atoms with E-state index < -0.39 is 0 Å². The Morgan fingerprint density at radius 1 is 1.17 bits per heavy atom. The number of aryl methyl sites for hydroxylation is 1. The summed E-state index contributed by atoms with van der Waals surface area (Å²) in [7, 11) is 1.49. The van der Waals surface area contributed by atoms with Gasteiger partial charge in [0.2, 0.25) is 12.1 Å². The molecule has 150 valence electrons. The number of amides is 1. The van der Waals surface area contributed by atoms with Gasteiger partial charge in [0.1, 0.15) is 0 Å². The molecule has 0 radical (unpaired) electrons. The number of ether oxygens (including phenoxy) is 1. The number of rotatable bonds is 4. The number of hydrogen-bond donors (Lipinski definition) is 2. The maximum atomic E-state index is 12.8. The molecule has 2 N–H and O–H groups in total.